The van der Waals surface area contributed by atoms with Crippen LogP contribution in [0.3, 0.4) is 0 Å². The van der Waals surface area contributed by atoms with Crippen LogP contribution in [0.15, 0.2) is 23.8 Å². The van der Waals surface area contributed by atoms with Gasteiger partial charge in [-0.15, -0.1) is 0 Å². The average Bonchev–Trinajstić information content (AvgIpc) is 3.37. The van der Waals surface area contributed by atoms with Gasteiger partial charge in [0.25, 0.3) is 11.7 Å². The van der Waals surface area contributed by atoms with Crippen molar-refractivity contribution >= 4 is 23.4 Å². The van der Waals surface area contributed by atoms with Gasteiger partial charge < -0.3 is 33.9 Å². The molecule has 0 aliphatic carbocycles. The number of methoxy groups -OCH3 is 3. The molecule has 2 saturated heterocycles. The van der Waals surface area contributed by atoms with Crippen LogP contribution in [0.1, 0.15) is 38.9 Å². The maximum atomic E-state index is 13.5. The number of nitrogens with one attached hydrogen (secondary N) is 1. The minimum absolute atomic E-state index is 0.0925. The molecule has 2 aliphatic heterocycles. The second kappa shape index (κ2) is 11.3. The lowest BCUT2D eigenvalue weighted by Gasteiger charge is -2.31. The molecule has 2 N–H and O–H groups in total. The van der Waals surface area contributed by atoms with Gasteiger partial charge in [-0.1, -0.05) is 0 Å². The summed E-state index contributed by atoms with van der Waals surface area (Å²) in [4.78, 5) is 45.8. The second-order valence-electron chi connectivity index (χ2n) is 9.17. The van der Waals surface area contributed by atoms with E-state index < -0.39 is 23.7 Å². The molecule has 3 heterocycles. The summed E-state index contributed by atoms with van der Waals surface area (Å²) in [5.74, 6) is -1.61. The van der Waals surface area contributed by atoms with Crippen LogP contribution in [0.5, 0.6) is 11.5 Å². The maximum absolute atomic E-state index is 13.5. The zero-order chi connectivity index (χ0) is 27.6. The van der Waals surface area contributed by atoms with Crippen LogP contribution in [0.4, 0.5) is 0 Å². The van der Waals surface area contributed by atoms with Crippen molar-refractivity contribution in [1.29, 1.82) is 0 Å². The number of hydrogen-bond acceptors (Lipinski definition) is 9. The van der Waals surface area contributed by atoms with Crippen LogP contribution in [0, 0.1) is 13.8 Å². The molecule has 38 heavy (non-hydrogen) atoms. The molecule has 2 fully saturated rings. The number of ketones is 1. The number of ether oxygens (including phenoxy) is 4. The number of nitrogens with zero attached hydrogens (tertiary/aromatic N) is 2. The van der Waals surface area contributed by atoms with Crippen molar-refractivity contribution in [1.82, 2.24) is 14.8 Å². The van der Waals surface area contributed by atoms with E-state index in [0.29, 0.717) is 48.1 Å². The Balaban J connectivity index is 1.88. The predicted octanol–water partition coefficient (Wildman–Crippen LogP) is 2.19. The minimum Gasteiger partial charge on any atom is -0.507 e. The first-order valence-electron chi connectivity index (χ1n) is 12.3. The number of aryl methyl sites for hydroxylation is 1. The summed E-state index contributed by atoms with van der Waals surface area (Å²) in [7, 11) is 4.27. The summed E-state index contributed by atoms with van der Waals surface area (Å²) in [5, 5.41) is 11.6. The Morgan fingerprint density at radius 1 is 1.11 bits per heavy atom. The van der Waals surface area contributed by atoms with Crippen molar-refractivity contribution in [3.05, 3.63) is 51.9 Å². The summed E-state index contributed by atoms with van der Waals surface area (Å²) >= 11 is 0. The molecule has 2 aliphatic rings. The number of benzene rings is 1. The normalized spacial score (nSPS) is 19.6. The molecule has 0 radical (unpaired) electrons. The van der Waals surface area contributed by atoms with Crippen molar-refractivity contribution < 1.29 is 38.4 Å². The molecule has 0 spiro atoms. The van der Waals surface area contributed by atoms with Crippen molar-refractivity contribution in [3.8, 4) is 11.5 Å². The molecular weight excluding hydrogens is 494 g/mol. The Morgan fingerprint density at radius 3 is 2.45 bits per heavy atom. The molecule has 1 atom stereocenters. The lowest BCUT2D eigenvalue weighted by atomic mass is 9.93. The predicted molar refractivity (Wildman–Crippen MR) is 137 cm³/mol. The van der Waals surface area contributed by atoms with Gasteiger partial charge in [0, 0.05) is 43.0 Å². The summed E-state index contributed by atoms with van der Waals surface area (Å²) in [6, 6.07) is 4.15. The van der Waals surface area contributed by atoms with Gasteiger partial charge in [0.15, 0.2) is 0 Å². The summed E-state index contributed by atoms with van der Waals surface area (Å²) in [6.45, 7) is 6.70. The highest BCUT2D eigenvalue weighted by Crippen LogP contribution is 2.44. The Kier molecular flexibility index (Phi) is 8.08. The fourth-order valence-electron chi connectivity index (χ4n) is 5.11. The van der Waals surface area contributed by atoms with Crippen LogP contribution in [0.2, 0.25) is 0 Å². The number of morpholine rings is 1. The molecule has 0 bridgehead atoms. The number of aromatic amines is 1. The van der Waals surface area contributed by atoms with Crippen molar-refractivity contribution in [2.75, 3.05) is 60.7 Å². The Morgan fingerprint density at radius 2 is 1.82 bits per heavy atom. The van der Waals surface area contributed by atoms with E-state index in [4.69, 9.17) is 18.9 Å². The van der Waals surface area contributed by atoms with Crippen molar-refractivity contribution in [2.24, 2.45) is 0 Å². The third-order valence-electron chi connectivity index (χ3n) is 7.10. The lowest BCUT2D eigenvalue weighted by Crippen LogP contribution is -2.42. The third kappa shape index (κ3) is 4.86. The van der Waals surface area contributed by atoms with Gasteiger partial charge in [-0.3, -0.25) is 14.5 Å². The third-order valence-corrected chi connectivity index (χ3v) is 7.10. The first-order valence-corrected chi connectivity index (χ1v) is 12.3. The number of carbonyl (C=O) groups is 3. The maximum Gasteiger partial charge on any atom is 0.354 e. The molecule has 1 aromatic heterocycles. The average molecular weight is 528 g/mol. The summed E-state index contributed by atoms with van der Waals surface area (Å²) in [5.41, 5.74) is 1.69. The molecule has 204 valence electrons. The number of esters is 1. The van der Waals surface area contributed by atoms with Crippen LogP contribution < -0.4 is 9.47 Å². The fraction of sp³-hybridized carbons (Fsp3) is 0.444. The van der Waals surface area contributed by atoms with E-state index in [9.17, 15) is 19.5 Å². The van der Waals surface area contributed by atoms with E-state index in [1.807, 2.05) is 0 Å². The Labute approximate surface area is 220 Å². The lowest BCUT2D eigenvalue weighted by molar-refractivity contribution is -0.140. The summed E-state index contributed by atoms with van der Waals surface area (Å²) < 4.78 is 21.3. The molecule has 11 heteroatoms. The van der Waals surface area contributed by atoms with Gasteiger partial charge in [-0.2, -0.15) is 0 Å². The van der Waals surface area contributed by atoms with Crippen LogP contribution in [-0.2, 0) is 19.1 Å². The fourth-order valence-corrected chi connectivity index (χ4v) is 5.11. The molecule has 1 unspecified atom stereocenters. The Hall–Kier alpha value is -3.83. The first-order chi connectivity index (χ1) is 18.2. The number of carbonyl (C=O) groups excluding carboxylic acids is 3. The molecule has 2 aromatic rings. The van der Waals surface area contributed by atoms with Gasteiger partial charge in [0.1, 0.15) is 23.0 Å². The number of rotatable bonds is 8. The number of H-pyrrole nitrogens is 1. The molecule has 4 rings (SSSR count). The highest BCUT2D eigenvalue weighted by molar-refractivity contribution is 6.46. The smallest absolute Gasteiger partial charge is 0.354 e. The first kappa shape index (κ1) is 27.2. The number of aliphatic hydroxyl groups is 1. The number of Topliss-reactive ketones (excluding diaryl/α,β-unsaturated/α-hetero) is 1. The van der Waals surface area contributed by atoms with Gasteiger partial charge >= 0.3 is 5.97 Å². The SMILES string of the molecule is COC(=O)c1[nH]c(C)c(C(O)=C2C(=O)C(=O)N(CCN3CCOCC3)C2c2cc(OC)ccc2OC)c1C. The van der Waals surface area contributed by atoms with Gasteiger partial charge in [-0.25, -0.2) is 4.79 Å². The largest absolute Gasteiger partial charge is 0.507 e. The molecule has 11 nitrogen and oxygen atoms in total. The van der Waals surface area contributed by atoms with E-state index >= 15 is 0 Å². The zero-order valence-electron chi connectivity index (χ0n) is 22.3. The van der Waals surface area contributed by atoms with Crippen molar-refractivity contribution in [3.63, 3.8) is 0 Å². The number of likely N-dealkylation sites (tertiary alicyclic amines) is 1. The quantitative estimate of drug-likeness (QED) is 0.230. The monoisotopic (exact) mass is 527 g/mol. The second-order valence-corrected chi connectivity index (χ2v) is 9.17. The van der Waals surface area contributed by atoms with Crippen LogP contribution in [0.25, 0.3) is 5.76 Å². The standard InChI is InChI=1S/C27H33N3O8/c1-15-20(16(2)28-22(15)27(34)37-5)24(31)21-23(18-14-17(35-3)6-7-19(18)36-4)30(26(33)25(21)32)9-8-29-10-12-38-13-11-29/h6-7,14,23,28,31H,8-13H2,1-5H3. The van der Waals surface area contributed by atoms with Gasteiger partial charge in [-0.05, 0) is 37.6 Å². The van der Waals surface area contributed by atoms with Crippen LogP contribution >= 0.6 is 0 Å². The van der Waals surface area contributed by atoms with E-state index in [0.717, 1.165) is 13.1 Å². The van der Waals surface area contributed by atoms with Crippen molar-refractivity contribution in [2.45, 2.75) is 19.9 Å². The molecule has 0 saturated carbocycles. The number of aromatic nitrogens is 1. The number of aliphatic hydroxyl groups excluding tert-OH is 1. The number of hydrogen-bond donors (Lipinski definition) is 2. The molecule has 1 aromatic carbocycles. The number of amides is 1. The Bertz CT molecular complexity index is 1280. The van der Waals surface area contributed by atoms with Gasteiger partial charge in [0.2, 0.25) is 0 Å². The van der Waals surface area contributed by atoms with Gasteiger partial charge in [0.05, 0.1) is 46.2 Å². The molecule has 1 amide bonds. The highest BCUT2D eigenvalue weighted by Gasteiger charge is 2.47. The highest BCUT2D eigenvalue weighted by atomic mass is 16.5. The molecular formula is C27H33N3O8. The van der Waals surface area contributed by atoms with E-state index in [-0.39, 0.29) is 29.1 Å². The van der Waals surface area contributed by atoms with E-state index in [2.05, 4.69) is 9.88 Å². The van der Waals surface area contributed by atoms with E-state index in [1.165, 1.54) is 26.2 Å². The summed E-state index contributed by atoms with van der Waals surface area (Å²) in [6.07, 6.45) is 0. The topological polar surface area (TPSA) is 131 Å². The zero-order valence-corrected chi connectivity index (χ0v) is 22.3. The van der Waals surface area contributed by atoms with Crippen LogP contribution in [-0.4, -0.2) is 98.3 Å². The minimum atomic E-state index is -0.948. The van der Waals surface area contributed by atoms with E-state index in [1.54, 1.807) is 32.0 Å².